The van der Waals surface area contributed by atoms with Crippen molar-refractivity contribution < 1.29 is 37.8 Å². The van der Waals surface area contributed by atoms with Crippen molar-refractivity contribution in [1.29, 1.82) is 0 Å². The molecule has 1 rings (SSSR count). The molecule has 0 amide bonds. The van der Waals surface area contributed by atoms with Gasteiger partial charge in [-0.1, -0.05) is 0 Å². The molecule has 0 bridgehead atoms. The minimum absolute atomic E-state index is 0.313. The van der Waals surface area contributed by atoms with Crippen LogP contribution in [0.25, 0.3) is 0 Å². The van der Waals surface area contributed by atoms with Crippen LogP contribution in [0.1, 0.15) is 0 Å². The summed E-state index contributed by atoms with van der Waals surface area (Å²) in [5, 5.41) is 0. The first-order valence-electron chi connectivity index (χ1n) is 3.69. The average Bonchev–Trinajstić information content (AvgIpc) is 2.03. The molecule has 16 heavy (non-hydrogen) atoms. The molecule has 0 aliphatic heterocycles. The molecule has 0 saturated carbocycles. The second-order valence-electron chi connectivity index (χ2n) is 2.55. The van der Waals surface area contributed by atoms with Crippen molar-refractivity contribution in [3.63, 3.8) is 0 Å². The number of benzene rings is 1. The molecule has 0 radical (unpaired) electrons. The Labute approximate surface area is 89.9 Å². The molecule has 1 aromatic rings. The van der Waals surface area contributed by atoms with Gasteiger partial charge in [0.05, 0.1) is 0 Å². The van der Waals surface area contributed by atoms with Crippen LogP contribution in [0.5, 0.6) is 11.5 Å². The third kappa shape index (κ3) is 5.27. The van der Waals surface area contributed by atoms with Crippen LogP contribution in [-0.2, 0) is 9.13 Å². The fraction of sp³-hybridized carbons (Fsp3) is 0. The highest BCUT2D eigenvalue weighted by Gasteiger charge is 1.99. The summed E-state index contributed by atoms with van der Waals surface area (Å²) in [6.07, 6.45) is 0. The minimum atomic E-state index is -5.16. The lowest BCUT2D eigenvalue weighted by Crippen LogP contribution is -2.19. The fourth-order valence-corrected chi connectivity index (χ4v) is 1.58. The van der Waals surface area contributed by atoms with Gasteiger partial charge in [0, 0.05) is 0 Å². The lowest BCUT2D eigenvalue weighted by atomic mass is 10.3. The predicted octanol–water partition coefficient (Wildman–Crippen LogP) is -1.90. The summed E-state index contributed by atoms with van der Waals surface area (Å²) in [6, 6.07) is 3.86. The van der Waals surface area contributed by atoms with Gasteiger partial charge in [-0.25, -0.2) is 0 Å². The maximum Gasteiger partial charge on any atom is 0.124 e. The van der Waals surface area contributed by atoms with Crippen LogP contribution in [0, 0.1) is 0 Å². The molecule has 8 nitrogen and oxygen atoms in total. The number of hydrogen-bond acceptors (Lipinski definition) is 8. The van der Waals surface area contributed by atoms with Crippen LogP contribution >= 0.6 is 15.6 Å². The van der Waals surface area contributed by atoms with Crippen molar-refractivity contribution in [2.24, 2.45) is 0 Å². The van der Waals surface area contributed by atoms with Gasteiger partial charge in [0.15, 0.2) is 0 Å². The normalized spacial score (nSPS) is 12.2. The summed E-state index contributed by atoms with van der Waals surface area (Å²) in [5.74, 6) is -0.625. The van der Waals surface area contributed by atoms with Crippen molar-refractivity contribution in [3.05, 3.63) is 24.3 Å². The molecule has 1 aromatic carbocycles. The highest BCUT2D eigenvalue weighted by atomic mass is 31.2. The summed E-state index contributed by atoms with van der Waals surface area (Å²) in [5.41, 5.74) is 0. The van der Waals surface area contributed by atoms with E-state index < -0.39 is 15.6 Å². The van der Waals surface area contributed by atoms with E-state index in [1.807, 2.05) is 0 Å². The topological polar surface area (TPSA) is 145 Å². The molecule has 0 aromatic heterocycles. The summed E-state index contributed by atoms with van der Waals surface area (Å²) >= 11 is 0. The van der Waals surface area contributed by atoms with Gasteiger partial charge in [-0.2, -0.15) is 0 Å². The van der Waals surface area contributed by atoms with Crippen LogP contribution < -0.4 is 28.6 Å². The van der Waals surface area contributed by atoms with Gasteiger partial charge in [-0.3, -0.25) is 0 Å². The number of rotatable bonds is 4. The zero-order valence-corrected chi connectivity index (χ0v) is 9.26. The molecule has 0 saturated heterocycles. The summed E-state index contributed by atoms with van der Waals surface area (Å²) < 4.78 is 28.3. The van der Waals surface area contributed by atoms with E-state index in [2.05, 4.69) is 9.05 Å². The summed E-state index contributed by atoms with van der Waals surface area (Å²) in [6.45, 7) is 0. The molecule has 0 aliphatic carbocycles. The predicted molar refractivity (Wildman–Crippen MR) is 42.9 cm³/mol. The lowest BCUT2D eigenvalue weighted by molar-refractivity contribution is -0.336. The quantitative estimate of drug-likeness (QED) is 0.574. The van der Waals surface area contributed by atoms with E-state index in [0.29, 0.717) is 0 Å². The molecular formula is C6H4O8P2-4. The van der Waals surface area contributed by atoms with E-state index in [1.165, 1.54) is 0 Å². The highest BCUT2D eigenvalue weighted by molar-refractivity contribution is 7.43. The Kier molecular flexibility index (Phi) is 3.75. The highest BCUT2D eigenvalue weighted by Crippen LogP contribution is 2.33. The first-order valence-corrected chi connectivity index (χ1v) is 6.61. The molecular weight excluding hydrogens is 262 g/mol. The Morgan fingerprint density at radius 3 is 1.19 bits per heavy atom. The molecule has 0 aliphatic rings. The van der Waals surface area contributed by atoms with Crippen LogP contribution in [-0.4, -0.2) is 0 Å². The lowest BCUT2D eigenvalue weighted by Gasteiger charge is -2.30. The Hall–Kier alpha value is -0.880. The van der Waals surface area contributed by atoms with Gasteiger partial charge in [-0.15, -0.1) is 0 Å². The van der Waals surface area contributed by atoms with Crippen molar-refractivity contribution in [1.82, 2.24) is 0 Å². The second kappa shape index (κ2) is 4.55. The smallest absolute Gasteiger partial charge is 0.124 e. The monoisotopic (exact) mass is 266 g/mol. The Morgan fingerprint density at radius 2 is 1.00 bits per heavy atom. The van der Waals surface area contributed by atoms with Gasteiger partial charge in [0.1, 0.15) is 27.1 Å². The van der Waals surface area contributed by atoms with E-state index in [0.717, 1.165) is 24.3 Å². The van der Waals surface area contributed by atoms with Crippen LogP contribution in [0.3, 0.4) is 0 Å². The van der Waals surface area contributed by atoms with Crippen molar-refractivity contribution in [2.75, 3.05) is 0 Å². The minimum Gasteiger partial charge on any atom is -0.780 e. The molecule has 0 fully saturated rings. The summed E-state index contributed by atoms with van der Waals surface area (Å²) in [4.78, 5) is 40.8. The van der Waals surface area contributed by atoms with Crippen LogP contribution in [0.4, 0.5) is 0 Å². The molecule has 90 valence electrons. The first-order chi connectivity index (χ1) is 7.16. The van der Waals surface area contributed by atoms with Crippen molar-refractivity contribution >= 4 is 15.6 Å². The van der Waals surface area contributed by atoms with E-state index in [9.17, 15) is 28.7 Å². The Morgan fingerprint density at radius 1 is 0.750 bits per heavy atom. The SMILES string of the molecule is O=P([O-])([O-])Oc1ccc(OP(=O)([O-])[O-])cc1. The maximum absolute atomic E-state index is 10.2. The second-order valence-corrected chi connectivity index (χ2v) is 4.70. The van der Waals surface area contributed by atoms with E-state index in [1.54, 1.807) is 0 Å². The first kappa shape index (κ1) is 13.2. The van der Waals surface area contributed by atoms with Gasteiger partial charge in [-0.05, 0) is 24.3 Å². The van der Waals surface area contributed by atoms with E-state index >= 15 is 0 Å². The van der Waals surface area contributed by atoms with E-state index in [4.69, 9.17) is 0 Å². The largest absolute Gasteiger partial charge is 0.780 e. The number of phosphoric ester groups is 2. The van der Waals surface area contributed by atoms with Crippen LogP contribution in [0.2, 0.25) is 0 Å². The average molecular weight is 266 g/mol. The molecule has 0 heterocycles. The van der Waals surface area contributed by atoms with Gasteiger partial charge in [0.25, 0.3) is 0 Å². The number of hydrogen-bond donors (Lipinski definition) is 0. The zero-order chi connectivity index (χ0) is 12.4. The third-order valence-electron chi connectivity index (χ3n) is 1.26. The molecule has 0 spiro atoms. The number of phosphoric acid groups is 2. The maximum atomic E-state index is 10.2. The van der Waals surface area contributed by atoms with Gasteiger partial charge < -0.3 is 37.8 Å². The molecule has 0 unspecified atom stereocenters. The molecule has 10 heteroatoms. The van der Waals surface area contributed by atoms with Gasteiger partial charge >= 0.3 is 0 Å². The van der Waals surface area contributed by atoms with Crippen molar-refractivity contribution in [3.8, 4) is 11.5 Å². The zero-order valence-electron chi connectivity index (χ0n) is 7.47. The third-order valence-corrected chi connectivity index (χ3v) is 2.13. The molecule has 0 N–H and O–H groups in total. The van der Waals surface area contributed by atoms with Crippen LogP contribution in [0.15, 0.2) is 24.3 Å². The standard InChI is InChI=1S/C6H8O8P2/c7-15(8,9)13-5-1-2-6(4-3-5)14-16(10,11)12/h1-4H,(H2,7,8,9)(H2,10,11,12)/p-4. The van der Waals surface area contributed by atoms with Gasteiger partial charge in [0.2, 0.25) is 0 Å². The Balaban J connectivity index is 2.76. The molecule has 0 atom stereocenters. The Bertz CT molecular complexity index is 399. The van der Waals surface area contributed by atoms with E-state index in [-0.39, 0.29) is 11.5 Å². The fourth-order valence-electron chi connectivity index (χ4n) is 0.820. The van der Waals surface area contributed by atoms with Crippen molar-refractivity contribution in [2.45, 2.75) is 0 Å². The summed E-state index contributed by atoms with van der Waals surface area (Å²) in [7, 11) is -10.3.